The summed E-state index contributed by atoms with van der Waals surface area (Å²) in [5.74, 6) is 0. The molecule has 0 amide bonds. The Labute approximate surface area is 100 Å². The Kier molecular flexibility index (Phi) is 5.73. The van der Waals surface area contributed by atoms with Crippen molar-refractivity contribution < 1.29 is 5.11 Å². The quantitative estimate of drug-likeness (QED) is 0.698. The van der Waals surface area contributed by atoms with Crippen LogP contribution in [0.3, 0.4) is 0 Å². The van der Waals surface area contributed by atoms with E-state index in [0.717, 1.165) is 31.8 Å². The van der Waals surface area contributed by atoms with Crippen LogP contribution >= 0.6 is 0 Å². The van der Waals surface area contributed by atoms with Crippen LogP contribution < -0.4 is 5.73 Å². The van der Waals surface area contributed by atoms with Crippen molar-refractivity contribution in [2.75, 3.05) is 19.6 Å². The lowest BCUT2D eigenvalue weighted by molar-refractivity contribution is 0.0312. The van der Waals surface area contributed by atoms with Crippen molar-refractivity contribution in [1.29, 1.82) is 0 Å². The van der Waals surface area contributed by atoms with Crippen molar-refractivity contribution in [2.24, 2.45) is 5.73 Å². The highest BCUT2D eigenvalue weighted by Crippen LogP contribution is 2.22. The molecule has 3 heteroatoms. The first-order valence-corrected chi connectivity index (χ1v) is 6.81. The van der Waals surface area contributed by atoms with E-state index in [1.165, 1.54) is 25.8 Å². The fourth-order valence-corrected chi connectivity index (χ4v) is 2.69. The van der Waals surface area contributed by atoms with E-state index in [4.69, 9.17) is 5.73 Å². The first kappa shape index (κ1) is 13.9. The van der Waals surface area contributed by atoms with E-state index < -0.39 is 5.60 Å². The smallest absolute Gasteiger partial charge is 0.0767 e. The van der Waals surface area contributed by atoms with Gasteiger partial charge in [-0.2, -0.15) is 0 Å². The minimum atomic E-state index is -0.624. The van der Waals surface area contributed by atoms with Crippen molar-refractivity contribution in [1.82, 2.24) is 4.90 Å². The fourth-order valence-electron chi connectivity index (χ4n) is 2.69. The van der Waals surface area contributed by atoms with Gasteiger partial charge in [-0.1, -0.05) is 13.8 Å². The molecule has 2 unspecified atom stereocenters. The number of nitrogens with two attached hydrogens (primary N) is 1. The summed E-state index contributed by atoms with van der Waals surface area (Å²) in [5, 5.41) is 10.1. The highest BCUT2D eigenvalue weighted by atomic mass is 16.3. The van der Waals surface area contributed by atoms with E-state index >= 15 is 0 Å². The number of nitrogens with zero attached hydrogens (tertiary/aromatic N) is 1. The summed E-state index contributed by atoms with van der Waals surface area (Å²) in [7, 11) is 0. The molecule has 1 heterocycles. The molecule has 1 rings (SSSR count). The van der Waals surface area contributed by atoms with Gasteiger partial charge in [0.15, 0.2) is 0 Å². The lowest BCUT2D eigenvalue weighted by Crippen LogP contribution is -2.38. The van der Waals surface area contributed by atoms with Crippen molar-refractivity contribution >= 4 is 0 Å². The number of aliphatic hydroxyl groups is 1. The van der Waals surface area contributed by atoms with Gasteiger partial charge in [-0.3, -0.25) is 0 Å². The maximum atomic E-state index is 10.1. The van der Waals surface area contributed by atoms with Crippen molar-refractivity contribution in [3.05, 3.63) is 0 Å². The average Bonchev–Trinajstić information content (AvgIpc) is 2.76. The van der Waals surface area contributed by atoms with E-state index in [-0.39, 0.29) is 0 Å². The maximum absolute atomic E-state index is 10.1. The van der Waals surface area contributed by atoms with E-state index in [0.29, 0.717) is 6.54 Å². The van der Waals surface area contributed by atoms with Crippen molar-refractivity contribution in [2.45, 2.75) is 64.0 Å². The highest BCUT2D eigenvalue weighted by Gasteiger charge is 2.25. The van der Waals surface area contributed by atoms with Crippen molar-refractivity contribution in [3.63, 3.8) is 0 Å². The Morgan fingerprint density at radius 1 is 1.44 bits per heavy atom. The van der Waals surface area contributed by atoms with Crippen LogP contribution in [0.25, 0.3) is 0 Å². The minimum absolute atomic E-state index is 0.390. The molecule has 2 atom stereocenters. The van der Waals surface area contributed by atoms with Crippen LogP contribution in [0.15, 0.2) is 0 Å². The molecule has 3 nitrogen and oxygen atoms in total. The topological polar surface area (TPSA) is 49.5 Å². The van der Waals surface area contributed by atoms with Crippen LogP contribution in [0.5, 0.6) is 0 Å². The lowest BCUT2D eigenvalue weighted by atomic mass is 9.95. The molecule has 0 bridgehead atoms. The number of likely N-dealkylation sites (tertiary alicyclic amines) is 1. The van der Waals surface area contributed by atoms with Crippen LogP contribution in [0.1, 0.15) is 52.4 Å². The minimum Gasteiger partial charge on any atom is -0.389 e. The van der Waals surface area contributed by atoms with Gasteiger partial charge in [0.1, 0.15) is 0 Å². The zero-order valence-electron chi connectivity index (χ0n) is 10.9. The SMILES string of the molecule is CCC1CCCN1CCCC(O)(CC)CN. The first-order chi connectivity index (χ1) is 7.65. The van der Waals surface area contributed by atoms with E-state index in [9.17, 15) is 5.11 Å². The predicted molar refractivity (Wildman–Crippen MR) is 68.4 cm³/mol. The van der Waals surface area contributed by atoms with Gasteiger partial charge in [-0.05, 0) is 51.6 Å². The molecule has 96 valence electrons. The van der Waals surface area contributed by atoms with Gasteiger partial charge in [0, 0.05) is 12.6 Å². The monoisotopic (exact) mass is 228 g/mol. The third-order valence-corrected chi connectivity index (χ3v) is 4.10. The van der Waals surface area contributed by atoms with Crippen LogP contribution in [0.4, 0.5) is 0 Å². The van der Waals surface area contributed by atoms with Gasteiger partial charge in [-0.15, -0.1) is 0 Å². The molecule has 0 aromatic carbocycles. The summed E-state index contributed by atoms with van der Waals surface area (Å²) in [4.78, 5) is 2.58. The molecule has 0 saturated carbocycles. The normalized spacial score (nSPS) is 25.9. The predicted octanol–water partition coefficient (Wildman–Crippen LogP) is 1.74. The van der Waals surface area contributed by atoms with E-state index in [2.05, 4.69) is 11.8 Å². The molecule has 0 aromatic rings. The Hall–Kier alpha value is -0.120. The van der Waals surface area contributed by atoms with Gasteiger partial charge < -0.3 is 15.7 Å². The molecular formula is C13H28N2O. The zero-order chi connectivity index (χ0) is 12.0. The second-order valence-electron chi connectivity index (χ2n) is 5.13. The highest BCUT2D eigenvalue weighted by molar-refractivity contribution is 4.81. The average molecular weight is 228 g/mol. The van der Waals surface area contributed by atoms with Gasteiger partial charge >= 0.3 is 0 Å². The van der Waals surface area contributed by atoms with Crippen LogP contribution in [0.2, 0.25) is 0 Å². The summed E-state index contributed by atoms with van der Waals surface area (Å²) >= 11 is 0. The van der Waals surface area contributed by atoms with Crippen LogP contribution in [-0.2, 0) is 0 Å². The largest absolute Gasteiger partial charge is 0.389 e. The molecule has 0 radical (unpaired) electrons. The second kappa shape index (κ2) is 6.58. The third-order valence-electron chi connectivity index (χ3n) is 4.10. The summed E-state index contributed by atoms with van der Waals surface area (Å²) in [6.07, 6.45) is 6.62. The first-order valence-electron chi connectivity index (χ1n) is 6.81. The van der Waals surface area contributed by atoms with E-state index in [1.807, 2.05) is 6.92 Å². The Morgan fingerprint density at radius 3 is 2.75 bits per heavy atom. The molecule has 1 fully saturated rings. The molecule has 0 aromatic heterocycles. The summed E-state index contributed by atoms with van der Waals surface area (Å²) < 4.78 is 0. The van der Waals surface area contributed by atoms with Gasteiger partial charge in [0.05, 0.1) is 5.60 Å². The standard InChI is InChI=1S/C13H28N2O/c1-3-12-7-5-9-15(12)10-6-8-13(16,4-2)11-14/h12,16H,3-11,14H2,1-2H3. The third kappa shape index (κ3) is 3.72. The molecule has 0 spiro atoms. The number of hydrogen-bond acceptors (Lipinski definition) is 3. The zero-order valence-corrected chi connectivity index (χ0v) is 10.9. The second-order valence-corrected chi connectivity index (χ2v) is 5.13. The summed E-state index contributed by atoms with van der Waals surface area (Å²) in [5.41, 5.74) is 4.98. The van der Waals surface area contributed by atoms with Crippen LogP contribution in [0, 0.1) is 0 Å². The molecule has 1 aliphatic heterocycles. The van der Waals surface area contributed by atoms with Crippen molar-refractivity contribution in [3.8, 4) is 0 Å². The van der Waals surface area contributed by atoms with Gasteiger partial charge in [-0.25, -0.2) is 0 Å². The number of rotatable bonds is 7. The van der Waals surface area contributed by atoms with E-state index in [1.54, 1.807) is 0 Å². The molecule has 16 heavy (non-hydrogen) atoms. The molecule has 3 N–H and O–H groups in total. The molecule has 1 aliphatic rings. The fraction of sp³-hybridized carbons (Fsp3) is 1.00. The number of hydrogen-bond donors (Lipinski definition) is 2. The summed E-state index contributed by atoms with van der Waals surface area (Å²) in [6, 6.07) is 0.785. The Bertz CT molecular complexity index is 192. The van der Waals surface area contributed by atoms with Gasteiger partial charge in [0.25, 0.3) is 0 Å². The Balaban J connectivity index is 2.24. The molecular weight excluding hydrogens is 200 g/mol. The molecule has 1 saturated heterocycles. The Morgan fingerprint density at radius 2 is 2.19 bits per heavy atom. The molecule has 0 aliphatic carbocycles. The maximum Gasteiger partial charge on any atom is 0.0767 e. The summed E-state index contributed by atoms with van der Waals surface area (Å²) in [6.45, 7) is 7.04. The lowest BCUT2D eigenvalue weighted by Gasteiger charge is -2.28. The van der Waals surface area contributed by atoms with Gasteiger partial charge in [0.2, 0.25) is 0 Å². The van der Waals surface area contributed by atoms with Crippen LogP contribution in [-0.4, -0.2) is 41.3 Å².